The summed E-state index contributed by atoms with van der Waals surface area (Å²) < 4.78 is 0. The van der Waals surface area contributed by atoms with Crippen molar-refractivity contribution >= 4 is 11.3 Å². The molecule has 2 nitrogen and oxygen atoms in total. The zero-order valence-corrected chi connectivity index (χ0v) is 14.0. The molecular weight excluding hydrogens is 276 g/mol. The molecule has 112 valence electrons. The van der Waals surface area contributed by atoms with Crippen LogP contribution in [0.3, 0.4) is 0 Å². The highest BCUT2D eigenvalue weighted by molar-refractivity contribution is 7.11. The van der Waals surface area contributed by atoms with E-state index in [1.165, 1.54) is 40.4 Å². The highest BCUT2D eigenvalue weighted by Gasteiger charge is 2.18. The average molecular weight is 300 g/mol. The number of nitrogens with one attached hydrogen (secondary N) is 1. The molecule has 2 aromatic rings. The lowest BCUT2D eigenvalue weighted by molar-refractivity contribution is 0.554. The first kappa shape index (κ1) is 14.7. The molecule has 3 heteroatoms. The molecule has 1 aromatic heterocycles. The lowest BCUT2D eigenvalue weighted by Crippen LogP contribution is -2.22. The fraction of sp³-hybridized carbons (Fsp3) is 0.500. The van der Waals surface area contributed by atoms with Crippen molar-refractivity contribution in [3.63, 3.8) is 0 Å². The number of fused-ring (bicyclic) bond motifs is 1. The first-order chi connectivity index (χ1) is 10.2. The Kier molecular flexibility index (Phi) is 4.41. The topological polar surface area (TPSA) is 24.9 Å². The summed E-state index contributed by atoms with van der Waals surface area (Å²) >= 11 is 1.83. The molecule has 0 aliphatic heterocycles. The molecule has 0 fully saturated rings. The van der Waals surface area contributed by atoms with E-state index in [2.05, 4.69) is 49.3 Å². The Morgan fingerprint density at radius 3 is 2.76 bits per heavy atom. The normalized spacial score (nSPS) is 15.2. The van der Waals surface area contributed by atoms with E-state index in [9.17, 15) is 0 Å². The van der Waals surface area contributed by atoms with Crippen LogP contribution >= 0.6 is 11.3 Å². The van der Waals surface area contributed by atoms with Gasteiger partial charge in [0, 0.05) is 10.9 Å². The summed E-state index contributed by atoms with van der Waals surface area (Å²) in [5, 5.41) is 4.81. The first-order valence-corrected chi connectivity index (χ1v) is 8.77. The second kappa shape index (κ2) is 6.29. The maximum atomic E-state index is 4.59. The van der Waals surface area contributed by atoms with Crippen LogP contribution in [0.15, 0.2) is 18.2 Å². The van der Waals surface area contributed by atoms with Crippen LogP contribution in [0.5, 0.6) is 0 Å². The lowest BCUT2D eigenvalue weighted by Gasteiger charge is -2.18. The molecule has 0 spiro atoms. The summed E-state index contributed by atoms with van der Waals surface area (Å²) in [5.41, 5.74) is 5.76. The smallest absolute Gasteiger partial charge is 0.0900 e. The number of nitrogens with zero attached hydrogens (tertiary/aromatic N) is 1. The summed E-state index contributed by atoms with van der Waals surface area (Å²) in [7, 11) is 0. The van der Waals surface area contributed by atoms with Crippen molar-refractivity contribution in [2.45, 2.75) is 52.5 Å². The summed E-state index contributed by atoms with van der Waals surface area (Å²) in [6, 6.07) is 7.47. The zero-order chi connectivity index (χ0) is 14.8. The second-order valence-corrected chi connectivity index (χ2v) is 7.19. The van der Waals surface area contributed by atoms with Gasteiger partial charge in [-0.1, -0.05) is 25.1 Å². The van der Waals surface area contributed by atoms with E-state index in [0.29, 0.717) is 6.04 Å². The number of likely N-dealkylation sites (N-methyl/N-ethyl adjacent to an activating group) is 1. The first-order valence-electron chi connectivity index (χ1n) is 7.95. The van der Waals surface area contributed by atoms with Crippen molar-refractivity contribution < 1.29 is 0 Å². The molecule has 1 aliphatic rings. The third kappa shape index (κ3) is 3.19. The Balaban J connectivity index is 1.83. The minimum Gasteiger partial charge on any atom is -0.309 e. The third-order valence-corrected chi connectivity index (χ3v) is 5.50. The van der Waals surface area contributed by atoms with Crippen LogP contribution in [0.4, 0.5) is 0 Å². The molecule has 1 aromatic carbocycles. The van der Waals surface area contributed by atoms with E-state index in [0.717, 1.165) is 13.0 Å². The van der Waals surface area contributed by atoms with Crippen molar-refractivity contribution in [2.24, 2.45) is 0 Å². The molecule has 1 N–H and O–H groups in total. The monoisotopic (exact) mass is 300 g/mol. The highest BCUT2D eigenvalue weighted by atomic mass is 32.1. The van der Waals surface area contributed by atoms with Crippen LogP contribution in [0, 0.1) is 13.8 Å². The van der Waals surface area contributed by atoms with Crippen LogP contribution < -0.4 is 5.32 Å². The predicted molar refractivity (Wildman–Crippen MR) is 90.2 cm³/mol. The Morgan fingerprint density at radius 1 is 1.24 bits per heavy atom. The van der Waals surface area contributed by atoms with Crippen LogP contribution in [-0.2, 0) is 19.3 Å². The molecule has 0 bridgehead atoms. The van der Waals surface area contributed by atoms with Gasteiger partial charge in [0.25, 0.3) is 0 Å². The number of hydrogen-bond acceptors (Lipinski definition) is 3. The largest absolute Gasteiger partial charge is 0.309 e. The van der Waals surface area contributed by atoms with Crippen molar-refractivity contribution in [1.29, 1.82) is 0 Å². The van der Waals surface area contributed by atoms with E-state index < -0.39 is 0 Å². The number of rotatable bonds is 5. The van der Waals surface area contributed by atoms with Gasteiger partial charge >= 0.3 is 0 Å². The van der Waals surface area contributed by atoms with Gasteiger partial charge in [0.2, 0.25) is 0 Å². The van der Waals surface area contributed by atoms with E-state index in [1.54, 1.807) is 11.1 Å². The van der Waals surface area contributed by atoms with Crippen LogP contribution in [0.2, 0.25) is 0 Å². The maximum absolute atomic E-state index is 4.59. The molecule has 0 saturated heterocycles. The standard InChI is InChI=1S/C18H24N2S/c1-4-19-17(18-12(2)20-13(3)21-18)11-14-8-9-15-6-5-7-16(15)10-14/h8-10,17,19H,4-7,11H2,1-3H3. The summed E-state index contributed by atoms with van der Waals surface area (Å²) in [5.74, 6) is 0. The number of aryl methyl sites for hydroxylation is 4. The Labute approximate surface area is 131 Å². The van der Waals surface area contributed by atoms with Crippen molar-refractivity contribution in [1.82, 2.24) is 10.3 Å². The number of hydrogen-bond donors (Lipinski definition) is 1. The van der Waals surface area contributed by atoms with Crippen molar-refractivity contribution in [3.05, 3.63) is 50.5 Å². The molecular formula is C18H24N2S. The van der Waals surface area contributed by atoms with Gasteiger partial charge in [-0.15, -0.1) is 11.3 Å². The number of thiazole rings is 1. The van der Waals surface area contributed by atoms with Gasteiger partial charge < -0.3 is 5.32 Å². The number of benzene rings is 1. The zero-order valence-electron chi connectivity index (χ0n) is 13.2. The average Bonchev–Trinajstić information content (AvgIpc) is 3.04. The summed E-state index contributed by atoms with van der Waals surface area (Å²) in [6.45, 7) is 7.40. The molecule has 0 saturated carbocycles. The molecule has 21 heavy (non-hydrogen) atoms. The number of aromatic nitrogens is 1. The van der Waals surface area contributed by atoms with E-state index in [4.69, 9.17) is 0 Å². The van der Waals surface area contributed by atoms with E-state index in [1.807, 2.05) is 11.3 Å². The van der Waals surface area contributed by atoms with E-state index in [-0.39, 0.29) is 0 Å². The Hall–Kier alpha value is -1.19. The summed E-state index contributed by atoms with van der Waals surface area (Å²) in [4.78, 5) is 5.99. The molecule has 1 atom stereocenters. The van der Waals surface area contributed by atoms with Gasteiger partial charge in [0.1, 0.15) is 0 Å². The SMILES string of the molecule is CCNC(Cc1ccc2c(c1)CCC2)c1sc(C)nc1C. The third-order valence-electron chi connectivity index (χ3n) is 4.31. The fourth-order valence-corrected chi connectivity index (χ4v) is 4.37. The van der Waals surface area contributed by atoms with Gasteiger partial charge in [0.05, 0.1) is 10.7 Å². The van der Waals surface area contributed by atoms with Gasteiger partial charge in [-0.25, -0.2) is 4.98 Å². The quantitative estimate of drug-likeness (QED) is 0.897. The van der Waals surface area contributed by atoms with Crippen molar-refractivity contribution in [2.75, 3.05) is 6.54 Å². The van der Waals surface area contributed by atoms with Crippen LogP contribution in [0.25, 0.3) is 0 Å². The highest BCUT2D eigenvalue weighted by Crippen LogP contribution is 2.29. The second-order valence-electron chi connectivity index (χ2n) is 5.95. The lowest BCUT2D eigenvalue weighted by atomic mass is 9.99. The van der Waals surface area contributed by atoms with Crippen molar-refractivity contribution in [3.8, 4) is 0 Å². The maximum Gasteiger partial charge on any atom is 0.0900 e. The van der Waals surface area contributed by atoms with Crippen LogP contribution in [-0.4, -0.2) is 11.5 Å². The molecule has 1 heterocycles. The molecule has 1 aliphatic carbocycles. The minimum absolute atomic E-state index is 0.389. The van der Waals surface area contributed by atoms with Gasteiger partial charge in [0.15, 0.2) is 0 Å². The van der Waals surface area contributed by atoms with Gasteiger partial charge in [-0.05, 0) is 62.8 Å². The van der Waals surface area contributed by atoms with Crippen LogP contribution in [0.1, 0.15) is 51.7 Å². The fourth-order valence-electron chi connectivity index (χ4n) is 3.36. The predicted octanol–water partition coefficient (Wildman–Crippen LogP) is 4.14. The minimum atomic E-state index is 0.389. The van der Waals surface area contributed by atoms with Gasteiger partial charge in [-0.3, -0.25) is 0 Å². The van der Waals surface area contributed by atoms with E-state index >= 15 is 0 Å². The Bertz CT molecular complexity index is 630. The molecule has 3 rings (SSSR count). The molecule has 0 radical (unpaired) electrons. The Morgan fingerprint density at radius 2 is 2.05 bits per heavy atom. The molecule has 0 amide bonds. The molecule has 1 unspecified atom stereocenters. The van der Waals surface area contributed by atoms with Gasteiger partial charge in [-0.2, -0.15) is 0 Å². The summed E-state index contributed by atoms with van der Waals surface area (Å²) in [6.07, 6.45) is 4.90.